The van der Waals surface area contributed by atoms with Gasteiger partial charge in [-0.05, 0) is 12.1 Å². The molecular weight excluding hydrogens is 346 g/mol. The lowest BCUT2D eigenvalue weighted by atomic mass is 10.3. The largest absolute Gasteiger partial charge is 0.434 e. The second-order valence-electron chi connectivity index (χ2n) is 5.67. The number of halogens is 2. The van der Waals surface area contributed by atoms with Gasteiger partial charge in [0, 0.05) is 25.7 Å². The molecule has 7 nitrogen and oxygen atoms in total. The summed E-state index contributed by atoms with van der Waals surface area (Å²) in [6.45, 7) is 5.14. The highest BCUT2D eigenvalue weighted by Gasteiger charge is 2.21. The molecule has 1 aliphatic heterocycles. The van der Waals surface area contributed by atoms with Crippen LogP contribution in [-0.4, -0.2) is 47.4 Å². The van der Waals surface area contributed by atoms with Crippen LogP contribution < -0.4 is 10.2 Å². The fraction of sp³-hybridized carbons (Fsp3) is 0.412. The van der Waals surface area contributed by atoms with Gasteiger partial charge in [-0.2, -0.15) is 5.48 Å². The maximum Gasteiger partial charge on any atom is 0.237 e. The average Bonchev–Trinajstić information content (AvgIpc) is 2.64. The zero-order chi connectivity index (χ0) is 18.4. The minimum absolute atomic E-state index is 0.106. The van der Waals surface area contributed by atoms with Gasteiger partial charge in [-0.15, -0.1) is 0 Å². The Balaban J connectivity index is 1.55. The fourth-order valence-electron chi connectivity index (χ4n) is 2.44. The summed E-state index contributed by atoms with van der Waals surface area (Å²) in [5.41, 5.74) is 3.53. The minimum Gasteiger partial charge on any atom is -0.434 e. The van der Waals surface area contributed by atoms with E-state index in [-0.39, 0.29) is 17.9 Å². The van der Waals surface area contributed by atoms with Gasteiger partial charge in [-0.3, -0.25) is 14.7 Å². The Bertz CT molecular complexity index is 718. The molecule has 1 atom stereocenters. The minimum atomic E-state index is -0.795. The van der Waals surface area contributed by atoms with Crippen LogP contribution in [0.4, 0.5) is 8.78 Å². The summed E-state index contributed by atoms with van der Waals surface area (Å²) in [6, 6.07) is 3.07. The van der Waals surface area contributed by atoms with Gasteiger partial charge in [0.25, 0.3) is 0 Å². The predicted molar refractivity (Wildman–Crippen MR) is 88.2 cm³/mol. The predicted octanol–water partition coefficient (Wildman–Crippen LogP) is 2.25. The third-order valence-electron chi connectivity index (χ3n) is 3.65. The van der Waals surface area contributed by atoms with Gasteiger partial charge in [0.1, 0.15) is 5.82 Å². The summed E-state index contributed by atoms with van der Waals surface area (Å²) in [5.74, 6) is -1.44. The molecule has 1 N–H and O–H groups in total. The van der Waals surface area contributed by atoms with E-state index >= 15 is 0 Å². The number of benzene rings is 1. The normalized spacial score (nSPS) is 18.0. The zero-order valence-corrected chi connectivity index (χ0v) is 14.3. The SMILES string of the molecule is CCNOC1CN(Cc2cnc(Oc3ccc(F)cc3F)cn2)CCO1. The first-order valence-corrected chi connectivity index (χ1v) is 8.30. The molecule has 1 unspecified atom stereocenters. The first-order chi connectivity index (χ1) is 12.6. The van der Waals surface area contributed by atoms with Gasteiger partial charge in [0.05, 0.1) is 31.2 Å². The number of hydrogen-bond donors (Lipinski definition) is 1. The Kier molecular flexibility index (Phi) is 6.40. The highest BCUT2D eigenvalue weighted by Crippen LogP contribution is 2.23. The van der Waals surface area contributed by atoms with Crippen molar-refractivity contribution in [3.05, 3.63) is 47.9 Å². The van der Waals surface area contributed by atoms with Crippen molar-refractivity contribution < 1.29 is 23.1 Å². The van der Waals surface area contributed by atoms with Crippen molar-refractivity contribution in [3.8, 4) is 11.6 Å². The molecule has 0 saturated carbocycles. The molecule has 140 valence electrons. The lowest BCUT2D eigenvalue weighted by molar-refractivity contribution is -0.210. The van der Waals surface area contributed by atoms with E-state index in [1.807, 2.05) is 6.92 Å². The molecule has 3 rings (SSSR count). The third-order valence-corrected chi connectivity index (χ3v) is 3.65. The van der Waals surface area contributed by atoms with Gasteiger partial charge < -0.3 is 9.47 Å². The van der Waals surface area contributed by atoms with E-state index in [1.54, 1.807) is 6.20 Å². The molecule has 2 aromatic rings. The maximum absolute atomic E-state index is 13.6. The quantitative estimate of drug-likeness (QED) is 0.754. The molecule has 2 heterocycles. The summed E-state index contributed by atoms with van der Waals surface area (Å²) < 4.78 is 37.3. The second-order valence-corrected chi connectivity index (χ2v) is 5.67. The molecule has 0 bridgehead atoms. The summed E-state index contributed by atoms with van der Waals surface area (Å²) >= 11 is 0. The number of aromatic nitrogens is 2. The molecule has 1 saturated heterocycles. The topological polar surface area (TPSA) is 68.7 Å². The molecule has 0 spiro atoms. The Morgan fingerprint density at radius 2 is 2.19 bits per heavy atom. The molecule has 1 fully saturated rings. The number of hydroxylamine groups is 1. The van der Waals surface area contributed by atoms with E-state index < -0.39 is 11.6 Å². The van der Waals surface area contributed by atoms with Gasteiger partial charge in [-0.25, -0.2) is 13.8 Å². The van der Waals surface area contributed by atoms with Crippen LogP contribution in [0.5, 0.6) is 11.6 Å². The third kappa shape index (κ3) is 5.15. The van der Waals surface area contributed by atoms with Crippen LogP contribution in [0.15, 0.2) is 30.6 Å². The number of nitrogens with one attached hydrogen (secondary N) is 1. The Morgan fingerprint density at radius 3 is 2.92 bits per heavy atom. The summed E-state index contributed by atoms with van der Waals surface area (Å²) in [5, 5.41) is 0. The number of morpholine rings is 1. The smallest absolute Gasteiger partial charge is 0.237 e. The Labute approximate surface area is 149 Å². The molecule has 1 aromatic carbocycles. The first-order valence-electron chi connectivity index (χ1n) is 8.30. The molecule has 1 aliphatic rings. The fourth-order valence-corrected chi connectivity index (χ4v) is 2.44. The van der Waals surface area contributed by atoms with Crippen molar-refractivity contribution in [1.82, 2.24) is 20.3 Å². The van der Waals surface area contributed by atoms with Crippen molar-refractivity contribution in [3.63, 3.8) is 0 Å². The van der Waals surface area contributed by atoms with E-state index in [2.05, 4.69) is 20.3 Å². The lowest BCUT2D eigenvalue weighted by Gasteiger charge is -2.31. The molecule has 1 aromatic heterocycles. The number of hydrogen-bond acceptors (Lipinski definition) is 7. The summed E-state index contributed by atoms with van der Waals surface area (Å²) in [6.07, 6.45) is 2.64. The van der Waals surface area contributed by atoms with E-state index in [9.17, 15) is 8.78 Å². The highest BCUT2D eigenvalue weighted by atomic mass is 19.1. The number of rotatable bonds is 7. The van der Waals surface area contributed by atoms with Gasteiger partial charge >= 0.3 is 0 Å². The molecule has 26 heavy (non-hydrogen) atoms. The Morgan fingerprint density at radius 1 is 1.31 bits per heavy atom. The summed E-state index contributed by atoms with van der Waals surface area (Å²) in [7, 11) is 0. The van der Waals surface area contributed by atoms with Crippen molar-refractivity contribution >= 4 is 0 Å². The van der Waals surface area contributed by atoms with Crippen LogP contribution in [-0.2, 0) is 16.1 Å². The van der Waals surface area contributed by atoms with E-state index in [0.29, 0.717) is 26.2 Å². The van der Waals surface area contributed by atoms with Crippen molar-refractivity contribution in [2.24, 2.45) is 0 Å². The van der Waals surface area contributed by atoms with Crippen LogP contribution >= 0.6 is 0 Å². The van der Waals surface area contributed by atoms with Gasteiger partial charge in [0.2, 0.25) is 5.88 Å². The van der Waals surface area contributed by atoms with Gasteiger partial charge in [-0.1, -0.05) is 6.92 Å². The lowest BCUT2D eigenvalue weighted by Crippen LogP contribution is -2.45. The van der Waals surface area contributed by atoms with Crippen LogP contribution in [0.3, 0.4) is 0 Å². The first kappa shape index (κ1) is 18.6. The van der Waals surface area contributed by atoms with Crippen LogP contribution in [0.25, 0.3) is 0 Å². The molecule has 0 amide bonds. The second kappa shape index (κ2) is 8.95. The van der Waals surface area contributed by atoms with E-state index in [1.165, 1.54) is 12.3 Å². The van der Waals surface area contributed by atoms with Crippen molar-refractivity contribution in [2.75, 3.05) is 26.2 Å². The van der Waals surface area contributed by atoms with Crippen LogP contribution in [0.2, 0.25) is 0 Å². The number of nitrogens with zero attached hydrogens (tertiary/aromatic N) is 3. The number of ether oxygens (including phenoxy) is 2. The molecular formula is C17H20F2N4O3. The molecule has 0 aliphatic carbocycles. The average molecular weight is 366 g/mol. The van der Waals surface area contributed by atoms with Crippen LogP contribution in [0.1, 0.15) is 12.6 Å². The molecule has 9 heteroatoms. The van der Waals surface area contributed by atoms with E-state index in [4.69, 9.17) is 14.3 Å². The molecule has 0 radical (unpaired) electrons. The Hall–Kier alpha value is -2.20. The zero-order valence-electron chi connectivity index (χ0n) is 14.3. The van der Waals surface area contributed by atoms with Crippen molar-refractivity contribution in [1.29, 1.82) is 0 Å². The summed E-state index contributed by atoms with van der Waals surface area (Å²) in [4.78, 5) is 15.9. The highest BCUT2D eigenvalue weighted by molar-refractivity contribution is 5.28. The van der Waals surface area contributed by atoms with Crippen molar-refractivity contribution in [2.45, 2.75) is 19.8 Å². The van der Waals surface area contributed by atoms with Gasteiger partial charge in [0.15, 0.2) is 17.9 Å². The van der Waals surface area contributed by atoms with E-state index in [0.717, 1.165) is 24.4 Å². The standard InChI is InChI=1S/C17H20F2N4O3/c1-2-22-26-17-11-23(5-6-24-17)10-13-8-21-16(9-20-13)25-15-4-3-12(18)7-14(15)19/h3-4,7-9,17,22H,2,5-6,10-11H2,1H3. The van der Waals surface area contributed by atoms with Crippen LogP contribution in [0, 0.1) is 11.6 Å². The maximum atomic E-state index is 13.6. The monoisotopic (exact) mass is 366 g/mol.